The van der Waals surface area contributed by atoms with E-state index < -0.39 is 11.9 Å². The number of carboxylic acids is 1. The summed E-state index contributed by atoms with van der Waals surface area (Å²) in [6, 6.07) is 7.08. The van der Waals surface area contributed by atoms with Crippen molar-refractivity contribution in [1.82, 2.24) is 0 Å². The Labute approximate surface area is 125 Å². The average Bonchev–Trinajstić information content (AvgIpc) is 2.50. The molecule has 0 heterocycles. The van der Waals surface area contributed by atoms with E-state index >= 15 is 0 Å². The minimum absolute atomic E-state index is 0.0462. The van der Waals surface area contributed by atoms with Gasteiger partial charge >= 0.3 is 5.97 Å². The molecule has 0 aliphatic heterocycles. The summed E-state index contributed by atoms with van der Waals surface area (Å²) in [5.41, 5.74) is 0.699. The van der Waals surface area contributed by atoms with Gasteiger partial charge in [0.05, 0.1) is 13.0 Å². The van der Waals surface area contributed by atoms with Gasteiger partial charge in [0.25, 0.3) is 0 Å². The summed E-state index contributed by atoms with van der Waals surface area (Å²) in [5.74, 6) is -0.865. The van der Waals surface area contributed by atoms with E-state index in [-0.39, 0.29) is 12.5 Å². The molecule has 0 saturated carbocycles. The number of anilines is 1. The van der Waals surface area contributed by atoms with Crippen LogP contribution in [0.2, 0.25) is 0 Å². The van der Waals surface area contributed by atoms with Crippen LogP contribution in [0.5, 0.6) is 5.75 Å². The lowest BCUT2D eigenvalue weighted by Crippen LogP contribution is -2.36. The van der Waals surface area contributed by atoms with Crippen LogP contribution in [0, 0.1) is 5.92 Å². The number of methoxy groups -OCH3 is 1. The monoisotopic (exact) mass is 293 g/mol. The van der Waals surface area contributed by atoms with Gasteiger partial charge in [0.2, 0.25) is 5.91 Å². The Morgan fingerprint density at radius 3 is 2.38 bits per heavy atom. The Morgan fingerprint density at radius 2 is 1.90 bits per heavy atom. The smallest absolute Gasteiger partial charge is 0.308 e. The Hall–Kier alpha value is -2.04. The second kappa shape index (κ2) is 8.29. The number of amides is 1. The molecule has 1 rings (SSSR count). The summed E-state index contributed by atoms with van der Waals surface area (Å²) in [4.78, 5) is 24.9. The number of ether oxygens (including phenoxy) is 1. The van der Waals surface area contributed by atoms with E-state index in [1.807, 2.05) is 6.92 Å². The highest BCUT2D eigenvalue weighted by Gasteiger charge is 2.21. The lowest BCUT2D eigenvalue weighted by Gasteiger charge is -2.25. The molecule has 0 radical (unpaired) electrons. The summed E-state index contributed by atoms with van der Waals surface area (Å²) in [6.45, 7) is 3.79. The van der Waals surface area contributed by atoms with E-state index in [1.165, 1.54) is 0 Å². The predicted octanol–water partition coefficient (Wildman–Crippen LogP) is 2.94. The zero-order valence-corrected chi connectivity index (χ0v) is 12.8. The first-order valence-electron chi connectivity index (χ1n) is 7.16. The molecule has 0 aromatic heterocycles. The van der Waals surface area contributed by atoms with Gasteiger partial charge in [0.1, 0.15) is 5.75 Å². The number of rotatable bonds is 8. The minimum Gasteiger partial charge on any atom is -0.497 e. The molecule has 1 N–H and O–H groups in total. The number of unbranched alkanes of at least 4 members (excludes halogenated alkanes) is 1. The SMILES string of the molecule is CCCCC(=O)N(CC(C)C(=O)O)c1ccc(OC)cc1. The molecule has 116 valence electrons. The van der Waals surface area contributed by atoms with Gasteiger partial charge in [0.15, 0.2) is 0 Å². The van der Waals surface area contributed by atoms with Gasteiger partial charge in [-0.2, -0.15) is 0 Å². The summed E-state index contributed by atoms with van der Waals surface area (Å²) >= 11 is 0. The number of aliphatic carboxylic acids is 1. The predicted molar refractivity (Wildman–Crippen MR) is 81.7 cm³/mol. The summed E-state index contributed by atoms with van der Waals surface area (Å²) < 4.78 is 5.10. The number of carbonyl (C=O) groups is 2. The van der Waals surface area contributed by atoms with Crippen molar-refractivity contribution in [1.29, 1.82) is 0 Å². The fourth-order valence-electron chi connectivity index (χ4n) is 1.93. The number of benzene rings is 1. The molecular weight excluding hydrogens is 270 g/mol. The molecule has 1 atom stereocenters. The van der Waals surface area contributed by atoms with Crippen LogP contribution in [-0.4, -0.2) is 30.6 Å². The molecule has 1 aromatic carbocycles. The molecule has 1 unspecified atom stereocenters. The van der Waals surface area contributed by atoms with Crippen LogP contribution in [0.4, 0.5) is 5.69 Å². The van der Waals surface area contributed by atoms with Crippen LogP contribution >= 0.6 is 0 Å². The summed E-state index contributed by atoms with van der Waals surface area (Å²) in [6.07, 6.45) is 2.15. The summed E-state index contributed by atoms with van der Waals surface area (Å²) in [7, 11) is 1.58. The molecular formula is C16H23NO4. The molecule has 0 saturated heterocycles. The van der Waals surface area contributed by atoms with Gasteiger partial charge in [-0.1, -0.05) is 20.3 Å². The first kappa shape index (κ1) is 17.0. The molecule has 5 nitrogen and oxygen atoms in total. The van der Waals surface area contributed by atoms with Crippen molar-refractivity contribution in [2.45, 2.75) is 33.1 Å². The molecule has 0 bridgehead atoms. The maximum atomic E-state index is 12.3. The van der Waals surface area contributed by atoms with Crippen LogP contribution < -0.4 is 9.64 Å². The van der Waals surface area contributed by atoms with Gasteiger partial charge in [-0.3, -0.25) is 9.59 Å². The standard InChI is InChI=1S/C16H23NO4/c1-4-5-6-15(18)17(11-12(2)16(19)20)13-7-9-14(21-3)10-8-13/h7-10,12H,4-6,11H2,1-3H3,(H,19,20). The third kappa shape index (κ3) is 5.10. The van der Waals surface area contributed by atoms with Crippen molar-refractivity contribution >= 4 is 17.6 Å². The van der Waals surface area contributed by atoms with Gasteiger partial charge in [0, 0.05) is 18.7 Å². The second-order valence-electron chi connectivity index (χ2n) is 5.05. The van der Waals surface area contributed by atoms with Crippen molar-refractivity contribution < 1.29 is 19.4 Å². The van der Waals surface area contributed by atoms with Crippen LogP contribution in [0.1, 0.15) is 33.1 Å². The molecule has 0 spiro atoms. The highest BCUT2D eigenvalue weighted by Crippen LogP contribution is 2.21. The molecule has 0 aliphatic carbocycles. The van der Waals surface area contributed by atoms with Gasteiger partial charge in [-0.05, 0) is 30.7 Å². The van der Waals surface area contributed by atoms with E-state index in [1.54, 1.807) is 43.2 Å². The first-order valence-corrected chi connectivity index (χ1v) is 7.16. The number of hydrogen-bond acceptors (Lipinski definition) is 3. The van der Waals surface area contributed by atoms with Crippen molar-refractivity contribution in [3.05, 3.63) is 24.3 Å². The topological polar surface area (TPSA) is 66.8 Å². The maximum Gasteiger partial charge on any atom is 0.308 e. The van der Waals surface area contributed by atoms with Crippen molar-refractivity contribution in [3.63, 3.8) is 0 Å². The highest BCUT2D eigenvalue weighted by atomic mass is 16.5. The molecule has 0 fully saturated rings. The Bertz CT molecular complexity index is 470. The van der Waals surface area contributed by atoms with Crippen LogP contribution in [0.25, 0.3) is 0 Å². The quantitative estimate of drug-likeness (QED) is 0.800. The molecule has 1 amide bonds. The molecule has 21 heavy (non-hydrogen) atoms. The highest BCUT2D eigenvalue weighted by molar-refractivity contribution is 5.94. The average molecular weight is 293 g/mol. The van der Waals surface area contributed by atoms with Crippen LogP contribution in [-0.2, 0) is 9.59 Å². The molecule has 5 heteroatoms. The lowest BCUT2D eigenvalue weighted by molar-refractivity contribution is -0.140. The number of hydrogen-bond donors (Lipinski definition) is 1. The zero-order valence-electron chi connectivity index (χ0n) is 12.8. The molecule has 0 aliphatic rings. The normalized spacial score (nSPS) is 11.8. The fourth-order valence-corrected chi connectivity index (χ4v) is 1.93. The third-order valence-corrected chi connectivity index (χ3v) is 3.31. The van der Waals surface area contributed by atoms with Crippen LogP contribution in [0.3, 0.4) is 0 Å². The Morgan fingerprint density at radius 1 is 1.29 bits per heavy atom. The Kier molecular flexibility index (Phi) is 6.72. The van der Waals surface area contributed by atoms with Gasteiger partial charge in [-0.15, -0.1) is 0 Å². The fraction of sp³-hybridized carbons (Fsp3) is 0.500. The van der Waals surface area contributed by atoms with Crippen molar-refractivity contribution in [2.24, 2.45) is 5.92 Å². The van der Waals surface area contributed by atoms with E-state index in [0.29, 0.717) is 17.9 Å². The first-order chi connectivity index (χ1) is 9.99. The molecule has 1 aromatic rings. The zero-order chi connectivity index (χ0) is 15.8. The van der Waals surface area contributed by atoms with Crippen molar-refractivity contribution in [2.75, 3.05) is 18.6 Å². The third-order valence-electron chi connectivity index (χ3n) is 3.31. The van der Waals surface area contributed by atoms with E-state index in [9.17, 15) is 9.59 Å². The van der Waals surface area contributed by atoms with Crippen LogP contribution in [0.15, 0.2) is 24.3 Å². The lowest BCUT2D eigenvalue weighted by atomic mass is 10.1. The van der Waals surface area contributed by atoms with Gasteiger partial charge < -0.3 is 14.7 Å². The van der Waals surface area contributed by atoms with Gasteiger partial charge in [-0.25, -0.2) is 0 Å². The minimum atomic E-state index is -0.906. The summed E-state index contributed by atoms with van der Waals surface area (Å²) in [5, 5.41) is 9.06. The van der Waals surface area contributed by atoms with E-state index in [2.05, 4.69) is 0 Å². The maximum absolute atomic E-state index is 12.3. The van der Waals surface area contributed by atoms with E-state index in [0.717, 1.165) is 12.8 Å². The van der Waals surface area contributed by atoms with E-state index in [4.69, 9.17) is 9.84 Å². The number of carboxylic acid groups (broad SMARTS) is 1. The van der Waals surface area contributed by atoms with Crippen molar-refractivity contribution in [3.8, 4) is 5.75 Å². The number of nitrogens with zero attached hydrogens (tertiary/aromatic N) is 1. The second-order valence-corrected chi connectivity index (χ2v) is 5.05. The number of carbonyl (C=O) groups excluding carboxylic acids is 1. The Balaban J connectivity index is 2.93. The largest absolute Gasteiger partial charge is 0.497 e.